The molecule has 0 saturated carbocycles. The minimum Gasteiger partial charge on any atom is -0.460 e. The number of esters is 1. The molecule has 0 aliphatic carbocycles. The van der Waals surface area contributed by atoms with Gasteiger partial charge in [-0.25, -0.2) is 17.9 Å². The van der Waals surface area contributed by atoms with Gasteiger partial charge in [-0.2, -0.15) is 0 Å². The lowest BCUT2D eigenvalue weighted by molar-refractivity contribution is -0.155. The molecule has 0 radical (unpaired) electrons. The Balaban J connectivity index is 4.57. The van der Waals surface area contributed by atoms with Crippen LogP contribution in [0.5, 0.6) is 0 Å². The van der Waals surface area contributed by atoms with Crippen molar-refractivity contribution in [2.75, 3.05) is 0 Å². The van der Waals surface area contributed by atoms with Gasteiger partial charge in [-0.3, -0.25) is 4.79 Å². The highest BCUT2D eigenvalue weighted by atomic mass is 32.2. The summed E-state index contributed by atoms with van der Waals surface area (Å²) in [5, 5.41) is 0.839. The van der Waals surface area contributed by atoms with Crippen LogP contribution in [0.3, 0.4) is 0 Å². The fourth-order valence-corrected chi connectivity index (χ4v) is 2.22. The highest BCUT2D eigenvalue weighted by molar-refractivity contribution is 7.92. The number of nitrogens with one attached hydrogen (secondary N) is 1. The Morgan fingerprint density at radius 2 is 1.52 bits per heavy atom. The number of carbonyl (C=O) groups is 2. The van der Waals surface area contributed by atoms with Crippen LogP contribution in [0.15, 0.2) is 11.5 Å². The van der Waals surface area contributed by atoms with Gasteiger partial charge in [0.05, 0.1) is 6.42 Å². The molecule has 0 unspecified atom stereocenters. The molecule has 0 aromatic rings. The van der Waals surface area contributed by atoms with Crippen LogP contribution >= 0.6 is 0 Å². The Morgan fingerprint density at radius 3 is 1.96 bits per heavy atom. The van der Waals surface area contributed by atoms with Crippen molar-refractivity contribution >= 4 is 22.1 Å². The minimum atomic E-state index is -3.98. The Morgan fingerprint density at radius 1 is 1.04 bits per heavy atom. The molecule has 1 atom stereocenters. The van der Waals surface area contributed by atoms with Gasteiger partial charge >= 0.3 is 12.1 Å². The predicted molar refractivity (Wildman–Crippen MR) is 87.1 cm³/mol. The first kappa shape index (κ1) is 21.4. The van der Waals surface area contributed by atoms with Crippen LogP contribution in [0, 0.1) is 5.92 Å². The molecule has 1 amide bonds. The Bertz CT molecular complexity index is 551. The van der Waals surface area contributed by atoms with E-state index in [0.29, 0.717) is 0 Å². The zero-order valence-electron chi connectivity index (χ0n) is 14.8. The number of sulfonamides is 1. The van der Waals surface area contributed by atoms with Crippen molar-refractivity contribution in [1.82, 2.24) is 4.72 Å². The standard InChI is InChI=1S/C15H27NO6S/c1-11(10-12(17)21-14(2,3)4)8-9-23(19,20)16-13(18)22-15(5,6)7/h8-9,11H,10H2,1-7H3,(H,16,18)/b9-8+/t11-/m0/s1. The summed E-state index contributed by atoms with van der Waals surface area (Å²) in [7, 11) is -3.98. The van der Waals surface area contributed by atoms with Crippen molar-refractivity contribution in [3.63, 3.8) is 0 Å². The van der Waals surface area contributed by atoms with Crippen LogP contribution in [0.25, 0.3) is 0 Å². The van der Waals surface area contributed by atoms with E-state index in [4.69, 9.17) is 9.47 Å². The van der Waals surface area contributed by atoms with Gasteiger partial charge in [-0.05, 0) is 47.5 Å². The number of carbonyl (C=O) groups excluding carboxylic acids is 2. The molecule has 8 heteroatoms. The van der Waals surface area contributed by atoms with Crippen LogP contribution in [0.1, 0.15) is 54.9 Å². The maximum atomic E-state index is 11.7. The van der Waals surface area contributed by atoms with Crippen molar-refractivity contribution in [3.05, 3.63) is 11.5 Å². The number of hydrogen-bond donors (Lipinski definition) is 1. The van der Waals surface area contributed by atoms with E-state index >= 15 is 0 Å². The first-order chi connectivity index (χ1) is 10.1. The second kappa shape index (κ2) is 7.81. The van der Waals surface area contributed by atoms with Crippen LogP contribution in [-0.2, 0) is 24.3 Å². The molecule has 134 valence electrons. The minimum absolute atomic E-state index is 0.0374. The third-order valence-corrected chi connectivity index (χ3v) is 3.09. The number of allylic oxidation sites excluding steroid dienone is 1. The summed E-state index contributed by atoms with van der Waals surface area (Å²) in [4.78, 5) is 23.1. The van der Waals surface area contributed by atoms with Crippen LogP contribution in [-0.4, -0.2) is 31.7 Å². The SMILES string of the molecule is C[C@@H](/C=C/S(=O)(=O)NC(=O)OC(C)(C)C)CC(=O)OC(C)(C)C. The first-order valence-corrected chi connectivity index (χ1v) is 8.80. The van der Waals surface area contributed by atoms with Gasteiger partial charge in [0.2, 0.25) is 0 Å². The maximum absolute atomic E-state index is 11.7. The summed E-state index contributed by atoms with van der Waals surface area (Å²) in [5.74, 6) is -0.785. The molecule has 0 spiro atoms. The van der Waals surface area contributed by atoms with Gasteiger partial charge in [0.15, 0.2) is 0 Å². The summed E-state index contributed by atoms with van der Waals surface area (Å²) in [6, 6.07) is 0. The highest BCUT2D eigenvalue weighted by Gasteiger charge is 2.21. The average molecular weight is 349 g/mol. The molecule has 0 rings (SSSR count). The molecular weight excluding hydrogens is 322 g/mol. The summed E-state index contributed by atoms with van der Waals surface area (Å²) < 4.78 is 35.2. The molecule has 1 N–H and O–H groups in total. The fraction of sp³-hybridized carbons (Fsp3) is 0.733. The molecule has 0 fully saturated rings. The third-order valence-electron chi connectivity index (χ3n) is 2.12. The number of amides is 1. The maximum Gasteiger partial charge on any atom is 0.421 e. The molecule has 0 aliphatic rings. The van der Waals surface area contributed by atoms with Gasteiger partial charge in [-0.15, -0.1) is 0 Å². The van der Waals surface area contributed by atoms with Gasteiger partial charge < -0.3 is 9.47 Å². The van der Waals surface area contributed by atoms with Crippen LogP contribution in [0.2, 0.25) is 0 Å². The molecule has 0 saturated heterocycles. The van der Waals surface area contributed by atoms with E-state index < -0.39 is 33.3 Å². The second-order valence-corrected chi connectivity index (χ2v) is 8.81. The van der Waals surface area contributed by atoms with E-state index in [1.807, 2.05) is 0 Å². The quantitative estimate of drug-likeness (QED) is 0.766. The van der Waals surface area contributed by atoms with E-state index in [-0.39, 0.29) is 12.3 Å². The lowest BCUT2D eigenvalue weighted by Gasteiger charge is -2.20. The van der Waals surface area contributed by atoms with Gasteiger partial charge in [0, 0.05) is 5.41 Å². The summed E-state index contributed by atoms with van der Waals surface area (Å²) in [6.07, 6.45) is 0.300. The average Bonchev–Trinajstić information content (AvgIpc) is 2.19. The molecule has 23 heavy (non-hydrogen) atoms. The molecule has 0 bridgehead atoms. The second-order valence-electron chi connectivity index (χ2n) is 7.25. The van der Waals surface area contributed by atoms with Crippen molar-refractivity contribution < 1.29 is 27.5 Å². The number of ether oxygens (including phenoxy) is 2. The van der Waals surface area contributed by atoms with E-state index in [0.717, 1.165) is 5.41 Å². The largest absolute Gasteiger partial charge is 0.460 e. The Labute approximate surface area is 138 Å². The van der Waals surface area contributed by atoms with E-state index in [9.17, 15) is 18.0 Å². The highest BCUT2D eigenvalue weighted by Crippen LogP contribution is 2.13. The molecule has 7 nitrogen and oxygen atoms in total. The number of hydrogen-bond acceptors (Lipinski definition) is 6. The fourth-order valence-electron chi connectivity index (χ4n) is 1.40. The molecule has 0 aromatic heterocycles. The summed E-state index contributed by atoms with van der Waals surface area (Å²) >= 11 is 0. The third kappa shape index (κ3) is 12.6. The van der Waals surface area contributed by atoms with E-state index in [1.54, 1.807) is 53.2 Å². The van der Waals surface area contributed by atoms with Gasteiger partial charge in [0.25, 0.3) is 10.0 Å². The Kier molecular flexibility index (Phi) is 7.27. The molecular formula is C15H27NO6S. The summed E-state index contributed by atoms with van der Waals surface area (Å²) in [5.41, 5.74) is -1.39. The zero-order valence-corrected chi connectivity index (χ0v) is 15.6. The van der Waals surface area contributed by atoms with E-state index in [2.05, 4.69) is 0 Å². The lowest BCUT2D eigenvalue weighted by Crippen LogP contribution is -2.35. The Hall–Kier alpha value is -1.57. The zero-order chi connectivity index (χ0) is 18.5. The topological polar surface area (TPSA) is 98.8 Å². The lowest BCUT2D eigenvalue weighted by atomic mass is 10.1. The van der Waals surface area contributed by atoms with Crippen LogP contribution in [0.4, 0.5) is 4.79 Å². The van der Waals surface area contributed by atoms with Crippen molar-refractivity contribution in [2.45, 2.75) is 66.1 Å². The predicted octanol–water partition coefficient (Wildman–Crippen LogP) is 2.72. The smallest absolute Gasteiger partial charge is 0.421 e. The molecule has 0 aromatic carbocycles. The van der Waals surface area contributed by atoms with Crippen molar-refractivity contribution in [3.8, 4) is 0 Å². The van der Waals surface area contributed by atoms with E-state index in [1.165, 1.54) is 6.08 Å². The van der Waals surface area contributed by atoms with Crippen LogP contribution < -0.4 is 4.72 Å². The molecule has 0 heterocycles. The van der Waals surface area contributed by atoms with Gasteiger partial charge in [0.1, 0.15) is 11.2 Å². The van der Waals surface area contributed by atoms with Crippen molar-refractivity contribution in [1.29, 1.82) is 0 Å². The molecule has 0 aliphatic heterocycles. The normalized spacial score (nSPS) is 14.4. The number of rotatable bonds is 5. The first-order valence-electron chi connectivity index (χ1n) is 7.25. The van der Waals surface area contributed by atoms with Gasteiger partial charge in [-0.1, -0.05) is 13.0 Å². The van der Waals surface area contributed by atoms with Crippen molar-refractivity contribution in [2.24, 2.45) is 5.92 Å². The monoisotopic (exact) mass is 349 g/mol. The summed E-state index contributed by atoms with van der Waals surface area (Å²) in [6.45, 7) is 11.8.